The quantitative estimate of drug-likeness (QED) is 0.410. The third-order valence-electron chi connectivity index (χ3n) is 6.67. The number of ketones is 1. The molecule has 11 nitrogen and oxygen atoms in total. The number of anilines is 3. The standard InChI is InChI=1S/C27H34N6O5/c1-27(2,3)38-26(36)32(4)23-14-22(30-19-8-6-12-28-25(19)37-17-10-11-17)31-24-18(15-29-33(23)24)21(35)13-16-7-5-9-20(16)34/h6,8,12,14-17,20,34H,5,7,9-11,13H2,1-4H3,(H,30,31)/t16?,20-/m1/s1. The molecule has 2 aliphatic rings. The van der Waals surface area contributed by atoms with Crippen molar-refractivity contribution in [1.29, 1.82) is 0 Å². The highest BCUT2D eigenvalue weighted by atomic mass is 16.6. The van der Waals surface area contributed by atoms with Crippen molar-refractivity contribution in [3.05, 3.63) is 36.2 Å². The number of rotatable bonds is 8. The van der Waals surface area contributed by atoms with Gasteiger partial charge in [-0.15, -0.1) is 0 Å². The fraction of sp³-hybridized carbons (Fsp3) is 0.519. The van der Waals surface area contributed by atoms with E-state index in [9.17, 15) is 14.7 Å². The second kappa shape index (κ2) is 10.2. The van der Waals surface area contributed by atoms with Gasteiger partial charge >= 0.3 is 6.09 Å². The van der Waals surface area contributed by atoms with Gasteiger partial charge in [-0.05, 0) is 64.5 Å². The zero-order valence-corrected chi connectivity index (χ0v) is 22.2. The van der Waals surface area contributed by atoms with Crippen LogP contribution in [0.2, 0.25) is 0 Å². The number of nitrogens with zero attached hydrogens (tertiary/aromatic N) is 5. The summed E-state index contributed by atoms with van der Waals surface area (Å²) in [5, 5.41) is 17.9. The maximum Gasteiger partial charge on any atom is 0.415 e. The van der Waals surface area contributed by atoms with Crippen LogP contribution in [0.3, 0.4) is 0 Å². The van der Waals surface area contributed by atoms with E-state index in [0.717, 1.165) is 25.7 Å². The number of carbonyl (C=O) groups is 2. The van der Waals surface area contributed by atoms with E-state index in [-0.39, 0.29) is 24.2 Å². The monoisotopic (exact) mass is 522 g/mol. The first-order valence-electron chi connectivity index (χ1n) is 13.0. The summed E-state index contributed by atoms with van der Waals surface area (Å²) >= 11 is 0. The summed E-state index contributed by atoms with van der Waals surface area (Å²) in [5.74, 6) is 0.965. The fourth-order valence-corrected chi connectivity index (χ4v) is 4.54. The van der Waals surface area contributed by atoms with Crippen LogP contribution < -0.4 is 15.0 Å². The van der Waals surface area contributed by atoms with Crippen molar-refractivity contribution in [3.63, 3.8) is 0 Å². The molecule has 2 atom stereocenters. The molecular formula is C27H34N6O5. The molecule has 0 spiro atoms. The summed E-state index contributed by atoms with van der Waals surface area (Å²) in [5.41, 5.74) is 0.540. The highest BCUT2D eigenvalue weighted by Gasteiger charge is 2.30. The van der Waals surface area contributed by atoms with Crippen LogP contribution in [0.4, 0.5) is 22.1 Å². The molecule has 2 fully saturated rings. The minimum atomic E-state index is -0.698. The number of amides is 1. The number of aliphatic hydroxyl groups excluding tert-OH is 1. The topological polar surface area (TPSA) is 131 Å². The van der Waals surface area contributed by atoms with Gasteiger partial charge in [0.15, 0.2) is 11.4 Å². The number of Topliss-reactive ketones (excluding diaryl/α,β-unsaturated/α-hetero) is 1. The Morgan fingerprint density at radius 2 is 2.03 bits per heavy atom. The second-order valence-electron chi connectivity index (χ2n) is 11.0. The summed E-state index contributed by atoms with van der Waals surface area (Å²) in [6.45, 7) is 5.37. The van der Waals surface area contributed by atoms with Crippen LogP contribution in [0, 0.1) is 5.92 Å². The van der Waals surface area contributed by atoms with Gasteiger partial charge in [-0.2, -0.15) is 9.61 Å². The normalized spacial score (nSPS) is 19.4. The lowest BCUT2D eigenvalue weighted by Crippen LogP contribution is -2.35. The van der Waals surface area contributed by atoms with Crippen LogP contribution in [-0.2, 0) is 4.74 Å². The Hall–Kier alpha value is -3.73. The van der Waals surface area contributed by atoms with Crippen LogP contribution in [0.5, 0.6) is 5.88 Å². The average Bonchev–Trinajstić information content (AvgIpc) is 3.43. The summed E-state index contributed by atoms with van der Waals surface area (Å²) in [6.07, 6.45) is 6.83. The van der Waals surface area contributed by atoms with E-state index in [0.29, 0.717) is 40.8 Å². The number of hydrogen-bond donors (Lipinski definition) is 2. The first kappa shape index (κ1) is 25.9. The van der Waals surface area contributed by atoms with E-state index in [2.05, 4.69) is 15.4 Å². The van der Waals surface area contributed by atoms with Crippen LogP contribution in [-0.4, -0.2) is 61.4 Å². The number of fused-ring (bicyclic) bond motifs is 1. The van der Waals surface area contributed by atoms with Crippen molar-refractivity contribution in [1.82, 2.24) is 19.6 Å². The van der Waals surface area contributed by atoms with E-state index < -0.39 is 17.8 Å². The molecule has 0 bridgehead atoms. The molecule has 5 rings (SSSR count). The molecule has 3 aromatic rings. The van der Waals surface area contributed by atoms with Gasteiger partial charge in [-0.1, -0.05) is 6.42 Å². The number of aliphatic hydroxyl groups is 1. The second-order valence-corrected chi connectivity index (χ2v) is 11.0. The van der Waals surface area contributed by atoms with Crippen molar-refractivity contribution in [3.8, 4) is 5.88 Å². The zero-order chi connectivity index (χ0) is 27.0. The minimum Gasteiger partial charge on any atom is -0.473 e. The van der Waals surface area contributed by atoms with Crippen LogP contribution in [0.1, 0.15) is 69.7 Å². The summed E-state index contributed by atoms with van der Waals surface area (Å²) in [6, 6.07) is 5.28. The lowest BCUT2D eigenvalue weighted by molar-refractivity contribution is 0.0587. The molecule has 2 aliphatic carbocycles. The maximum atomic E-state index is 13.3. The molecule has 2 N–H and O–H groups in total. The van der Waals surface area contributed by atoms with Crippen LogP contribution >= 0.6 is 0 Å². The Bertz CT molecular complexity index is 1350. The lowest BCUT2D eigenvalue weighted by atomic mass is 9.96. The molecule has 2 saturated carbocycles. The van der Waals surface area contributed by atoms with E-state index in [1.54, 1.807) is 46.1 Å². The maximum absolute atomic E-state index is 13.3. The number of hydrogen-bond acceptors (Lipinski definition) is 9. The fourth-order valence-electron chi connectivity index (χ4n) is 4.54. The van der Waals surface area contributed by atoms with Gasteiger partial charge in [-0.3, -0.25) is 9.69 Å². The van der Waals surface area contributed by atoms with Crippen LogP contribution in [0.25, 0.3) is 5.65 Å². The Labute approximate surface area is 221 Å². The third kappa shape index (κ3) is 5.72. The third-order valence-corrected chi connectivity index (χ3v) is 6.67. The van der Waals surface area contributed by atoms with E-state index >= 15 is 0 Å². The van der Waals surface area contributed by atoms with Gasteiger partial charge in [0.1, 0.15) is 29.0 Å². The first-order chi connectivity index (χ1) is 18.1. The summed E-state index contributed by atoms with van der Waals surface area (Å²) < 4.78 is 13.0. The van der Waals surface area contributed by atoms with Crippen molar-refractivity contribution in [2.24, 2.45) is 5.92 Å². The molecule has 3 aromatic heterocycles. The lowest BCUT2D eigenvalue weighted by Gasteiger charge is -2.25. The van der Waals surface area contributed by atoms with Crippen molar-refractivity contribution in [2.75, 3.05) is 17.3 Å². The highest BCUT2D eigenvalue weighted by Crippen LogP contribution is 2.34. The Balaban J connectivity index is 1.53. The molecule has 38 heavy (non-hydrogen) atoms. The van der Waals surface area contributed by atoms with Gasteiger partial charge in [0, 0.05) is 25.7 Å². The Morgan fingerprint density at radius 3 is 2.71 bits per heavy atom. The number of carbonyl (C=O) groups excluding carboxylic acids is 2. The number of pyridine rings is 1. The van der Waals surface area contributed by atoms with Gasteiger partial charge in [0.25, 0.3) is 0 Å². The predicted molar refractivity (Wildman–Crippen MR) is 141 cm³/mol. The Morgan fingerprint density at radius 1 is 1.24 bits per heavy atom. The molecule has 0 radical (unpaired) electrons. The number of nitrogens with one attached hydrogen (secondary N) is 1. The molecule has 1 amide bonds. The average molecular weight is 523 g/mol. The SMILES string of the molecule is CN(C(=O)OC(C)(C)C)c1cc(Nc2cccnc2OC2CC2)nc2c(C(=O)CC3CCC[C@H]3O)cnn12. The predicted octanol–water partition coefficient (Wildman–Crippen LogP) is 4.51. The molecule has 0 saturated heterocycles. The zero-order valence-electron chi connectivity index (χ0n) is 22.2. The molecule has 0 aromatic carbocycles. The molecule has 0 aliphatic heterocycles. The molecule has 202 valence electrons. The van der Waals surface area contributed by atoms with Crippen LogP contribution in [0.15, 0.2) is 30.6 Å². The molecule has 1 unspecified atom stereocenters. The Kier molecular flexibility index (Phi) is 6.95. The smallest absolute Gasteiger partial charge is 0.415 e. The van der Waals surface area contributed by atoms with E-state index in [4.69, 9.17) is 14.5 Å². The molecule has 11 heteroatoms. The summed E-state index contributed by atoms with van der Waals surface area (Å²) in [4.78, 5) is 36.7. The number of ether oxygens (including phenoxy) is 2. The largest absolute Gasteiger partial charge is 0.473 e. The van der Waals surface area contributed by atoms with Crippen molar-refractivity contribution in [2.45, 2.75) is 77.1 Å². The number of aromatic nitrogens is 4. The van der Waals surface area contributed by atoms with Crippen molar-refractivity contribution < 1.29 is 24.2 Å². The molecule has 3 heterocycles. The van der Waals surface area contributed by atoms with Gasteiger partial charge in [0.2, 0.25) is 5.88 Å². The molecular weight excluding hydrogens is 488 g/mol. The van der Waals surface area contributed by atoms with E-state index in [1.807, 2.05) is 6.07 Å². The van der Waals surface area contributed by atoms with Gasteiger partial charge < -0.3 is 19.9 Å². The highest BCUT2D eigenvalue weighted by molar-refractivity contribution is 6.02. The van der Waals surface area contributed by atoms with Gasteiger partial charge in [-0.25, -0.2) is 14.8 Å². The summed E-state index contributed by atoms with van der Waals surface area (Å²) in [7, 11) is 1.58. The van der Waals surface area contributed by atoms with Gasteiger partial charge in [0.05, 0.1) is 17.9 Å². The minimum absolute atomic E-state index is 0.0832. The first-order valence-corrected chi connectivity index (χ1v) is 13.0. The van der Waals surface area contributed by atoms with Crippen molar-refractivity contribution >= 4 is 34.8 Å². The van der Waals surface area contributed by atoms with E-state index in [1.165, 1.54) is 15.6 Å².